The summed E-state index contributed by atoms with van der Waals surface area (Å²) in [5.74, 6) is -2.52. The first-order valence-electron chi connectivity index (χ1n) is 27.2. The van der Waals surface area contributed by atoms with Gasteiger partial charge >= 0.3 is 17.9 Å². The molecule has 0 heterocycles. The molecule has 11 heteroatoms. The van der Waals surface area contributed by atoms with Crippen LogP contribution in [0.25, 0.3) is 0 Å². The van der Waals surface area contributed by atoms with E-state index in [9.17, 15) is 19.6 Å². The molecule has 0 spiro atoms. The van der Waals surface area contributed by atoms with Crippen LogP contribution in [0.3, 0.4) is 0 Å². The Labute approximate surface area is 424 Å². The number of nitriles is 1. The van der Waals surface area contributed by atoms with Gasteiger partial charge in [-0.3, -0.25) is 14.4 Å². The lowest BCUT2D eigenvalue weighted by molar-refractivity contribution is -0.164. The maximum absolute atomic E-state index is 14.4. The van der Waals surface area contributed by atoms with Crippen molar-refractivity contribution in [2.24, 2.45) is 28.6 Å². The topological polar surface area (TPSA) is 140 Å². The van der Waals surface area contributed by atoms with Gasteiger partial charge in [0.1, 0.15) is 13.2 Å². The molecule has 0 N–H and O–H groups in total. The quantitative estimate of drug-likeness (QED) is 0.0356. The number of carbonyl (C=O) groups is 3. The third-order valence-corrected chi connectivity index (χ3v) is 13.5. The second kappa shape index (κ2) is 38.8. The number of esters is 3. The number of nitrogens with zero attached hydrogens (tertiary/aromatic N) is 1. The van der Waals surface area contributed by atoms with Crippen LogP contribution in [0.1, 0.15) is 188 Å². The molecule has 0 aliphatic rings. The van der Waals surface area contributed by atoms with Crippen molar-refractivity contribution in [2.75, 3.05) is 66.1 Å². The fraction of sp³-hybridized carbons (Fsp3) is 0.729. The van der Waals surface area contributed by atoms with Crippen molar-refractivity contribution in [1.29, 1.82) is 5.26 Å². The average molecular weight is 978 g/mol. The lowest BCUT2D eigenvalue weighted by Crippen LogP contribution is -2.39. The highest BCUT2D eigenvalue weighted by Crippen LogP contribution is 2.42. The van der Waals surface area contributed by atoms with E-state index >= 15 is 0 Å². The Kier molecular flexibility index (Phi) is 34.5. The molecular formula is C59H95NO10. The van der Waals surface area contributed by atoms with Crippen LogP contribution in [-0.2, 0) is 54.1 Å². The summed E-state index contributed by atoms with van der Waals surface area (Å²) in [7, 11) is 0. The van der Waals surface area contributed by atoms with Crippen LogP contribution in [0.4, 0.5) is 0 Å². The third-order valence-electron chi connectivity index (χ3n) is 13.5. The number of rotatable bonds is 44. The Hall–Kier alpha value is -3.82. The van der Waals surface area contributed by atoms with E-state index in [1.54, 1.807) is 20.8 Å². The largest absolute Gasteiger partial charge is 0.465 e. The van der Waals surface area contributed by atoms with Gasteiger partial charge in [-0.25, -0.2) is 0 Å². The van der Waals surface area contributed by atoms with Crippen molar-refractivity contribution >= 4 is 17.9 Å². The van der Waals surface area contributed by atoms with Crippen molar-refractivity contribution in [1.82, 2.24) is 0 Å². The lowest BCUT2D eigenvalue weighted by atomic mass is 9.69. The number of carbonyl (C=O) groups excluding carboxylic acids is 3. The molecule has 0 bridgehead atoms. The Morgan fingerprint density at radius 3 is 1.63 bits per heavy atom. The van der Waals surface area contributed by atoms with E-state index in [0.717, 1.165) is 56.3 Å². The summed E-state index contributed by atoms with van der Waals surface area (Å²) in [5.41, 5.74) is -0.417. The van der Waals surface area contributed by atoms with Crippen molar-refractivity contribution in [3.8, 4) is 6.07 Å². The Bertz CT molecular complexity index is 1670. The molecule has 2 aromatic rings. The highest BCUT2D eigenvalue weighted by molar-refractivity contribution is 5.80. The summed E-state index contributed by atoms with van der Waals surface area (Å²) in [6.45, 7) is 17.9. The van der Waals surface area contributed by atoms with E-state index in [4.69, 9.17) is 33.2 Å². The highest BCUT2D eigenvalue weighted by atomic mass is 16.6. The number of hydrogen-bond donors (Lipinski definition) is 0. The summed E-state index contributed by atoms with van der Waals surface area (Å²) in [4.78, 5) is 42.5. The molecule has 0 aliphatic heterocycles. The van der Waals surface area contributed by atoms with Gasteiger partial charge in [0.05, 0.1) is 75.7 Å². The average Bonchev–Trinajstić information content (AvgIpc) is 3.37. The number of benzene rings is 2. The van der Waals surface area contributed by atoms with Crippen LogP contribution in [0.5, 0.6) is 0 Å². The fourth-order valence-corrected chi connectivity index (χ4v) is 9.02. The normalized spacial score (nSPS) is 14.2. The van der Waals surface area contributed by atoms with Gasteiger partial charge in [-0.05, 0) is 88.7 Å². The molecule has 70 heavy (non-hydrogen) atoms. The highest BCUT2D eigenvalue weighted by Gasteiger charge is 2.45. The molecule has 5 unspecified atom stereocenters. The number of hydrogen-bond acceptors (Lipinski definition) is 11. The van der Waals surface area contributed by atoms with Crippen molar-refractivity contribution in [3.63, 3.8) is 0 Å². The molecule has 0 amide bonds. The second-order valence-corrected chi connectivity index (χ2v) is 20.2. The molecule has 2 aromatic carbocycles. The first kappa shape index (κ1) is 62.3. The summed E-state index contributed by atoms with van der Waals surface area (Å²) in [5, 5.41) is 10.6. The Morgan fingerprint density at radius 2 is 1.09 bits per heavy atom. The van der Waals surface area contributed by atoms with Gasteiger partial charge < -0.3 is 33.2 Å². The van der Waals surface area contributed by atoms with E-state index < -0.39 is 40.6 Å². The summed E-state index contributed by atoms with van der Waals surface area (Å²) < 4.78 is 40.4. The molecule has 0 radical (unpaired) electrons. The molecule has 0 fully saturated rings. The van der Waals surface area contributed by atoms with E-state index in [0.29, 0.717) is 46.1 Å². The molecular weight excluding hydrogens is 883 g/mol. The maximum atomic E-state index is 14.4. The predicted molar refractivity (Wildman–Crippen MR) is 279 cm³/mol. The molecule has 0 aliphatic carbocycles. The van der Waals surface area contributed by atoms with Gasteiger partial charge in [0.2, 0.25) is 0 Å². The first-order chi connectivity index (χ1) is 33.9. The molecule has 2 rings (SSSR count). The van der Waals surface area contributed by atoms with Crippen LogP contribution in [0, 0.1) is 39.9 Å². The Morgan fingerprint density at radius 1 is 0.557 bits per heavy atom. The maximum Gasteiger partial charge on any atom is 0.312 e. The molecule has 11 nitrogen and oxygen atoms in total. The summed E-state index contributed by atoms with van der Waals surface area (Å²) in [6.07, 6.45) is 18.6. The summed E-state index contributed by atoms with van der Waals surface area (Å²) in [6, 6.07) is 22.1. The van der Waals surface area contributed by atoms with Gasteiger partial charge in [-0.1, -0.05) is 165 Å². The van der Waals surface area contributed by atoms with Crippen LogP contribution < -0.4 is 0 Å². The van der Waals surface area contributed by atoms with Gasteiger partial charge in [-0.2, -0.15) is 5.26 Å². The minimum absolute atomic E-state index is 0.0304. The zero-order chi connectivity index (χ0) is 51.1. The molecule has 5 atom stereocenters. The van der Waals surface area contributed by atoms with E-state index in [1.807, 2.05) is 48.5 Å². The van der Waals surface area contributed by atoms with Gasteiger partial charge in [0, 0.05) is 12.5 Å². The second-order valence-electron chi connectivity index (χ2n) is 20.2. The molecule has 0 saturated heterocycles. The summed E-state index contributed by atoms with van der Waals surface area (Å²) >= 11 is 0. The minimum atomic E-state index is -1.26. The van der Waals surface area contributed by atoms with Crippen LogP contribution in [0.2, 0.25) is 0 Å². The van der Waals surface area contributed by atoms with Gasteiger partial charge in [0.25, 0.3) is 0 Å². The molecule has 396 valence electrons. The van der Waals surface area contributed by atoms with Crippen molar-refractivity contribution < 1.29 is 47.5 Å². The van der Waals surface area contributed by atoms with Crippen LogP contribution in [-0.4, -0.2) is 84.0 Å². The molecule has 0 saturated carbocycles. The predicted octanol–water partition coefficient (Wildman–Crippen LogP) is 13.6. The zero-order valence-corrected chi connectivity index (χ0v) is 44.8. The fourth-order valence-electron chi connectivity index (χ4n) is 9.02. The number of unbranched alkanes of at least 4 members (excludes halogenated alkanes) is 10. The zero-order valence-electron chi connectivity index (χ0n) is 44.8. The third kappa shape index (κ3) is 27.7. The SMILES string of the molecule is CCCCCCCCCCCCOCCOCCOCCOCCOC(=O)C(C)(C)CC(CC(C)(CC(C#N)CC(CC)c1ccccc1)C(=O)OCc1ccccc1)C(=O)OCC(CC)CCCC. The van der Waals surface area contributed by atoms with Crippen molar-refractivity contribution in [3.05, 3.63) is 71.8 Å². The van der Waals surface area contributed by atoms with Gasteiger partial charge in [0.15, 0.2) is 0 Å². The van der Waals surface area contributed by atoms with E-state index in [2.05, 4.69) is 45.9 Å². The standard InChI is InChI=1S/C59H95NO10/c1-8-12-14-15-16-17-18-19-20-27-33-64-34-35-65-36-37-66-38-39-67-40-41-68-56(62)58(5,6)44-54(55(61)69-47-49(10-3)28-13-9-2)45-59(7,57(63)70-48-50-29-23-21-24-30-50)43-51(46-60)42-52(11-4)53-31-25-22-26-32-53/h21-26,29-32,49,51-52,54H,8-20,27-28,33-45,47-48H2,1-7H3. The lowest BCUT2D eigenvalue weighted by Gasteiger charge is -2.35. The first-order valence-corrected chi connectivity index (χ1v) is 27.2. The number of ether oxygens (including phenoxy) is 7. The monoisotopic (exact) mass is 978 g/mol. The van der Waals surface area contributed by atoms with Crippen molar-refractivity contribution in [2.45, 2.75) is 183 Å². The molecule has 0 aromatic heterocycles. The smallest absolute Gasteiger partial charge is 0.312 e. The van der Waals surface area contributed by atoms with E-state index in [-0.39, 0.29) is 57.5 Å². The Balaban J connectivity index is 1.96. The van der Waals surface area contributed by atoms with Gasteiger partial charge in [-0.15, -0.1) is 0 Å². The van der Waals surface area contributed by atoms with Crippen LogP contribution in [0.15, 0.2) is 60.7 Å². The van der Waals surface area contributed by atoms with Crippen LogP contribution >= 0.6 is 0 Å². The minimum Gasteiger partial charge on any atom is -0.465 e. The van der Waals surface area contributed by atoms with E-state index in [1.165, 1.54) is 57.8 Å².